The van der Waals surface area contributed by atoms with E-state index in [0.29, 0.717) is 22.7 Å². The Hall–Kier alpha value is -2.09. The van der Waals surface area contributed by atoms with Gasteiger partial charge in [0.05, 0.1) is 5.69 Å². The lowest BCUT2D eigenvalue weighted by Crippen LogP contribution is -2.25. The lowest BCUT2D eigenvalue weighted by Gasteiger charge is -2.18. The van der Waals surface area contributed by atoms with Crippen LogP contribution in [0.1, 0.15) is 10.4 Å². The number of carbonyl (C=O) groups is 2. The summed E-state index contributed by atoms with van der Waals surface area (Å²) in [6, 6.07) is 12.4. The topological polar surface area (TPSA) is 67.4 Å². The maximum absolute atomic E-state index is 12.1. The molecule has 1 heterocycles. The predicted molar refractivity (Wildman–Crippen MR) is 87.7 cm³/mol. The van der Waals surface area contributed by atoms with E-state index in [0.717, 1.165) is 3.57 Å². The Balaban J connectivity index is 1.77. The maximum atomic E-state index is 12.1. The minimum Gasteiger partial charge on any atom is -0.482 e. The van der Waals surface area contributed by atoms with Crippen molar-refractivity contribution in [2.24, 2.45) is 0 Å². The lowest BCUT2D eigenvalue weighted by atomic mass is 10.2. The summed E-state index contributed by atoms with van der Waals surface area (Å²) in [4.78, 5) is 23.3. The molecule has 6 heteroatoms. The van der Waals surface area contributed by atoms with Gasteiger partial charge in [0.2, 0.25) is 0 Å². The summed E-state index contributed by atoms with van der Waals surface area (Å²) in [5.41, 5.74) is 1.81. The number of benzene rings is 2. The highest BCUT2D eigenvalue weighted by Crippen LogP contribution is 2.30. The van der Waals surface area contributed by atoms with E-state index < -0.39 is 0 Å². The third kappa shape index (κ3) is 3.15. The molecule has 0 spiro atoms. The molecule has 2 N–H and O–H groups in total. The second-order valence-electron chi connectivity index (χ2n) is 4.51. The average Bonchev–Trinajstić information content (AvgIpc) is 2.48. The maximum Gasteiger partial charge on any atom is 0.262 e. The molecule has 0 bridgehead atoms. The molecule has 3 rings (SSSR count). The number of anilines is 2. The molecule has 0 atom stereocenters. The minimum absolute atomic E-state index is 0.0124. The van der Waals surface area contributed by atoms with Gasteiger partial charge in [0.25, 0.3) is 11.8 Å². The molecule has 2 aromatic carbocycles. The monoisotopic (exact) mass is 394 g/mol. The van der Waals surface area contributed by atoms with Crippen molar-refractivity contribution in [1.82, 2.24) is 0 Å². The number of carbonyl (C=O) groups excluding carboxylic acids is 2. The molecule has 0 radical (unpaired) electrons. The zero-order valence-electron chi connectivity index (χ0n) is 10.9. The van der Waals surface area contributed by atoms with E-state index >= 15 is 0 Å². The van der Waals surface area contributed by atoms with Gasteiger partial charge in [-0.15, -0.1) is 0 Å². The summed E-state index contributed by atoms with van der Waals surface area (Å²) in [7, 11) is 0. The number of hydrogen-bond acceptors (Lipinski definition) is 3. The molecule has 0 fully saturated rings. The predicted octanol–water partition coefficient (Wildman–Crippen LogP) is 2.87. The van der Waals surface area contributed by atoms with Crippen LogP contribution < -0.4 is 15.4 Å². The SMILES string of the molecule is O=C1COc2cc(NC(=O)c3ccc(I)cc3)ccc2N1. The van der Waals surface area contributed by atoms with Gasteiger partial charge in [-0.1, -0.05) is 0 Å². The highest BCUT2D eigenvalue weighted by Gasteiger charge is 2.16. The van der Waals surface area contributed by atoms with Crippen LogP contribution in [-0.2, 0) is 4.79 Å². The van der Waals surface area contributed by atoms with Crippen molar-refractivity contribution in [2.75, 3.05) is 17.2 Å². The molecule has 1 aliphatic heterocycles. The second kappa shape index (κ2) is 5.72. The lowest BCUT2D eigenvalue weighted by molar-refractivity contribution is -0.118. The summed E-state index contributed by atoms with van der Waals surface area (Å²) in [6.07, 6.45) is 0. The number of hydrogen-bond donors (Lipinski definition) is 2. The van der Waals surface area contributed by atoms with Gasteiger partial charge >= 0.3 is 0 Å². The third-order valence-electron chi connectivity index (χ3n) is 2.98. The van der Waals surface area contributed by atoms with E-state index in [-0.39, 0.29) is 18.4 Å². The van der Waals surface area contributed by atoms with Crippen molar-refractivity contribution in [3.63, 3.8) is 0 Å². The largest absolute Gasteiger partial charge is 0.482 e. The van der Waals surface area contributed by atoms with Crippen molar-refractivity contribution in [1.29, 1.82) is 0 Å². The van der Waals surface area contributed by atoms with Crippen LogP contribution in [0.25, 0.3) is 0 Å². The number of amides is 2. The minimum atomic E-state index is -0.189. The molecular weight excluding hydrogens is 383 g/mol. The van der Waals surface area contributed by atoms with Gasteiger partial charge in [-0.05, 0) is 59.0 Å². The van der Waals surface area contributed by atoms with Gasteiger partial charge < -0.3 is 15.4 Å². The number of ether oxygens (including phenoxy) is 1. The van der Waals surface area contributed by atoms with Crippen LogP contribution in [0.4, 0.5) is 11.4 Å². The molecule has 0 saturated carbocycles. The zero-order valence-corrected chi connectivity index (χ0v) is 13.0. The first-order valence-electron chi connectivity index (χ1n) is 6.25. The quantitative estimate of drug-likeness (QED) is 0.770. The number of halogens is 1. The van der Waals surface area contributed by atoms with Crippen LogP contribution in [0.2, 0.25) is 0 Å². The fraction of sp³-hybridized carbons (Fsp3) is 0.0667. The van der Waals surface area contributed by atoms with Gasteiger partial charge in [0.15, 0.2) is 6.61 Å². The van der Waals surface area contributed by atoms with Gasteiger partial charge in [0, 0.05) is 20.9 Å². The third-order valence-corrected chi connectivity index (χ3v) is 3.70. The smallest absolute Gasteiger partial charge is 0.262 e. The summed E-state index contributed by atoms with van der Waals surface area (Å²) < 4.78 is 6.39. The average molecular weight is 394 g/mol. The van der Waals surface area contributed by atoms with E-state index in [4.69, 9.17) is 4.74 Å². The van der Waals surface area contributed by atoms with E-state index in [1.807, 2.05) is 12.1 Å². The van der Waals surface area contributed by atoms with Crippen LogP contribution in [0, 0.1) is 3.57 Å². The fourth-order valence-corrected chi connectivity index (χ4v) is 2.32. The molecule has 0 unspecified atom stereocenters. The molecule has 0 saturated heterocycles. The van der Waals surface area contributed by atoms with Gasteiger partial charge in [-0.25, -0.2) is 0 Å². The molecule has 2 aromatic rings. The van der Waals surface area contributed by atoms with Gasteiger partial charge in [-0.2, -0.15) is 0 Å². The molecule has 1 aliphatic rings. The highest BCUT2D eigenvalue weighted by molar-refractivity contribution is 14.1. The summed E-state index contributed by atoms with van der Waals surface area (Å²) >= 11 is 2.19. The van der Waals surface area contributed by atoms with Crippen LogP contribution >= 0.6 is 22.6 Å². The first kappa shape index (κ1) is 13.9. The molecule has 2 amide bonds. The highest BCUT2D eigenvalue weighted by atomic mass is 127. The van der Waals surface area contributed by atoms with E-state index in [2.05, 4.69) is 33.2 Å². The normalized spacial score (nSPS) is 12.9. The van der Waals surface area contributed by atoms with Crippen molar-refractivity contribution in [3.05, 3.63) is 51.6 Å². The van der Waals surface area contributed by atoms with Gasteiger partial charge in [0.1, 0.15) is 5.75 Å². The van der Waals surface area contributed by atoms with Gasteiger partial charge in [-0.3, -0.25) is 9.59 Å². The van der Waals surface area contributed by atoms with Crippen LogP contribution in [0.5, 0.6) is 5.75 Å². The van der Waals surface area contributed by atoms with Crippen LogP contribution in [0.15, 0.2) is 42.5 Å². The number of rotatable bonds is 2. The molecular formula is C15H11IN2O3. The molecule has 106 valence electrons. The Morgan fingerprint density at radius 3 is 2.71 bits per heavy atom. The van der Waals surface area contributed by atoms with Crippen molar-refractivity contribution >= 4 is 45.8 Å². The van der Waals surface area contributed by atoms with Crippen molar-refractivity contribution in [2.45, 2.75) is 0 Å². The molecule has 0 aromatic heterocycles. The second-order valence-corrected chi connectivity index (χ2v) is 5.75. The van der Waals surface area contributed by atoms with Crippen LogP contribution in [-0.4, -0.2) is 18.4 Å². The van der Waals surface area contributed by atoms with Crippen LogP contribution in [0.3, 0.4) is 0 Å². The Labute approximate surface area is 134 Å². The number of fused-ring (bicyclic) bond motifs is 1. The van der Waals surface area contributed by atoms with Crippen molar-refractivity contribution in [3.8, 4) is 5.75 Å². The fourth-order valence-electron chi connectivity index (χ4n) is 1.96. The Morgan fingerprint density at radius 2 is 1.95 bits per heavy atom. The van der Waals surface area contributed by atoms with Crippen molar-refractivity contribution < 1.29 is 14.3 Å². The molecule has 21 heavy (non-hydrogen) atoms. The summed E-state index contributed by atoms with van der Waals surface area (Å²) in [5.74, 6) is 0.180. The Morgan fingerprint density at radius 1 is 1.19 bits per heavy atom. The molecule has 5 nitrogen and oxygen atoms in total. The first-order chi connectivity index (χ1) is 10.1. The van der Waals surface area contributed by atoms with E-state index in [1.165, 1.54) is 0 Å². The summed E-state index contributed by atoms with van der Waals surface area (Å²) in [5, 5.41) is 5.51. The Kier molecular flexibility index (Phi) is 3.78. The number of nitrogens with one attached hydrogen (secondary N) is 2. The first-order valence-corrected chi connectivity index (χ1v) is 7.33. The van der Waals surface area contributed by atoms with E-state index in [9.17, 15) is 9.59 Å². The standard InChI is InChI=1S/C15H11IN2O3/c16-10-3-1-9(2-4-10)15(20)17-11-5-6-12-13(7-11)21-8-14(19)18-12/h1-7H,8H2,(H,17,20)(H,18,19). The Bertz CT molecular complexity index is 713. The van der Waals surface area contributed by atoms with E-state index in [1.54, 1.807) is 30.3 Å². The summed E-state index contributed by atoms with van der Waals surface area (Å²) in [6.45, 7) is -0.0124. The molecule has 0 aliphatic carbocycles. The zero-order chi connectivity index (χ0) is 14.8.